The lowest BCUT2D eigenvalue weighted by molar-refractivity contribution is -0.124. The van der Waals surface area contributed by atoms with Crippen LogP contribution in [0, 0.1) is 0 Å². The Kier molecular flexibility index (Phi) is 5.73. The molecule has 1 atom stereocenters. The number of hydrogen-bond acceptors (Lipinski definition) is 4. The number of ether oxygens (including phenoxy) is 1. The zero-order valence-electron chi connectivity index (χ0n) is 14.9. The van der Waals surface area contributed by atoms with Gasteiger partial charge in [-0.1, -0.05) is 42.7 Å². The molecule has 3 aromatic rings. The van der Waals surface area contributed by atoms with Gasteiger partial charge in [0.05, 0.1) is 16.7 Å². The summed E-state index contributed by atoms with van der Waals surface area (Å²) in [5, 5.41) is 3.60. The summed E-state index contributed by atoms with van der Waals surface area (Å²) in [6.07, 6.45) is 0.557. The molecule has 0 saturated carbocycles. The summed E-state index contributed by atoms with van der Waals surface area (Å²) in [5.41, 5.74) is 0.883. The van der Waals surface area contributed by atoms with Crippen LogP contribution in [0.4, 0.5) is 0 Å². The zero-order chi connectivity index (χ0) is 18.5. The molecule has 3 rings (SSSR count). The van der Waals surface area contributed by atoms with Crippen LogP contribution in [0.2, 0.25) is 0 Å². The van der Waals surface area contributed by atoms with Crippen LogP contribution in [0.25, 0.3) is 10.1 Å². The standard InChI is InChI=1S/C20H22N2O3S/c1-3-17(22-20(24)16-7-5-6-8-18(16)26-22)19(23)21-13-14-9-11-15(12-10-14)25-4-2/h5-12,17H,3-4,13H2,1-2H3,(H,21,23). The lowest BCUT2D eigenvalue weighted by Gasteiger charge is -2.15. The minimum absolute atomic E-state index is 0.103. The number of aromatic nitrogens is 1. The summed E-state index contributed by atoms with van der Waals surface area (Å²) in [5.74, 6) is 0.667. The van der Waals surface area contributed by atoms with E-state index >= 15 is 0 Å². The van der Waals surface area contributed by atoms with Gasteiger partial charge in [0.1, 0.15) is 11.8 Å². The van der Waals surface area contributed by atoms with E-state index in [9.17, 15) is 9.59 Å². The monoisotopic (exact) mass is 370 g/mol. The maximum atomic E-state index is 12.7. The third-order valence-corrected chi connectivity index (χ3v) is 5.36. The maximum absolute atomic E-state index is 12.7. The van der Waals surface area contributed by atoms with Crippen LogP contribution in [0.1, 0.15) is 31.9 Å². The molecule has 136 valence electrons. The van der Waals surface area contributed by atoms with Gasteiger partial charge in [-0.25, -0.2) is 0 Å². The van der Waals surface area contributed by atoms with Gasteiger partial charge < -0.3 is 10.1 Å². The van der Waals surface area contributed by atoms with Crippen LogP contribution in [0.15, 0.2) is 53.3 Å². The first-order valence-corrected chi connectivity index (χ1v) is 9.51. The number of carbonyl (C=O) groups excluding carboxylic acids is 1. The fourth-order valence-corrected chi connectivity index (χ4v) is 3.99. The fraction of sp³-hybridized carbons (Fsp3) is 0.300. The molecule has 0 bridgehead atoms. The Hall–Kier alpha value is -2.60. The first-order chi connectivity index (χ1) is 12.6. The average molecular weight is 370 g/mol. The van der Waals surface area contributed by atoms with Crippen molar-refractivity contribution in [3.63, 3.8) is 0 Å². The van der Waals surface area contributed by atoms with Crippen molar-refractivity contribution in [2.24, 2.45) is 0 Å². The largest absolute Gasteiger partial charge is 0.494 e. The second-order valence-corrected chi connectivity index (χ2v) is 6.95. The normalized spacial score (nSPS) is 12.1. The van der Waals surface area contributed by atoms with Gasteiger partial charge in [0.15, 0.2) is 0 Å². The molecular weight excluding hydrogens is 348 g/mol. The molecule has 1 heterocycles. The number of fused-ring (bicyclic) bond motifs is 1. The predicted octanol–water partition coefficient (Wildman–Crippen LogP) is 3.73. The molecule has 6 heteroatoms. The highest BCUT2D eigenvalue weighted by atomic mass is 32.1. The number of carbonyl (C=O) groups is 1. The lowest BCUT2D eigenvalue weighted by Crippen LogP contribution is -2.34. The summed E-state index contributed by atoms with van der Waals surface area (Å²) < 4.78 is 7.90. The van der Waals surface area contributed by atoms with Crippen molar-refractivity contribution in [2.75, 3.05) is 6.61 Å². The lowest BCUT2D eigenvalue weighted by atomic mass is 10.2. The van der Waals surface area contributed by atoms with Crippen molar-refractivity contribution < 1.29 is 9.53 Å². The first-order valence-electron chi connectivity index (χ1n) is 8.74. The highest BCUT2D eigenvalue weighted by molar-refractivity contribution is 7.14. The summed E-state index contributed by atoms with van der Waals surface area (Å²) in [6.45, 7) is 4.90. The van der Waals surface area contributed by atoms with Crippen molar-refractivity contribution >= 4 is 27.5 Å². The Balaban J connectivity index is 1.72. The summed E-state index contributed by atoms with van der Waals surface area (Å²) in [7, 11) is 0. The molecule has 26 heavy (non-hydrogen) atoms. The summed E-state index contributed by atoms with van der Waals surface area (Å²) in [6, 6.07) is 14.6. The topological polar surface area (TPSA) is 60.3 Å². The Morgan fingerprint density at radius 3 is 2.54 bits per heavy atom. The Morgan fingerprint density at radius 1 is 1.15 bits per heavy atom. The van der Waals surface area contributed by atoms with E-state index in [2.05, 4.69) is 5.32 Å². The van der Waals surface area contributed by atoms with E-state index in [0.717, 1.165) is 16.0 Å². The van der Waals surface area contributed by atoms with Gasteiger partial charge in [-0.2, -0.15) is 0 Å². The molecule has 2 aromatic carbocycles. The second-order valence-electron chi connectivity index (χ2n) is 5.94. The summed E-state index contributed by atoms with van der Waals surface area (Å²) >= 11 is 1.34. The minimum atomic E-state index is -0.498. The smallest absolute Gasteiger partial charge is 0.269 e. The van der Waals surface area contributed by atoms with Crippen LogP contribution < -0.4 is 15.6 Å². The maximum Gasteiger partial charge on any atom is 0.269 e. The van der Waals surface area contributed by atoms with E-state index in [-0.39, 0.29) is 11.5 Å². The Labute approximate surface area is 156 Å². The molecule has 0 aliphatic rings. The molecule has 1 amide bonds. The van der Waals surface area contributed by atoms with Crippen molar-refractivity contribution in [3.8, 4) is 5.75 Å². The number of hydrogen-bond donors (Lipinski definition) is 1. The van der Waals surface area contributed by atoms with E-state index in [1.54, 1.807) is 10.0 Å². The van der Waals surface area contributed by atoms with E-state index in [4.69, 9.17) is 4.74 Å². The number of rotatable bonds is 7. The zero-order valence-corrected chi connectivity index (χ0v) is 15.7. The molecule has 1 N–H and O–H groups in total. The molecular formula is C20H22N2O3S. The average Bonchev–Trinajstić information content (AvgIpc) is 2.99. The molecule has 0 fully saturated rings. The van der Waals surface area contributed by atoms with E-state index in [0.29, 0.717) is 25.0 Å². The van der Waals surface area contributed by atoms with E-state index in [1.165, 1.54) is 11.5 Å². The highest BCUT2D eigenvalue weighted by Crippen LogP contribution is 2.21. The van der Waals surface area contributed by atoms with Crippen molar-refractivity contribution in [1.82, 2.24) is 9.27 Å². The van der Waals surface area contributed by atoms with Crippen LogP contribution in [0.3, 0.4) is 0 Å². The second kappa shape index (κ2) is 8.19. The summed E-state index contributed by atoms with van der Waals surface area (Å²) in [4.78, 5) is 25.2. The van der Waals surface area contributed by atoms with Crippen molar-refractivity contribution in [1.29, 1.82) is 0 Å². The van der Waals surface area contributed by atoms with Crippen LogP contribution in [-0.4, -0.2) is 16.5 Å². The van der Waals surface area contributed by atoms with Gasteiger partial charge in [0, 0.05) is 6.54 Å². The van der Waals surface area contributed by atoms with E-state index < -0.39 is 6.04 Å². The molecule has 1 aromatic heterocycles. The number of amides is 1. The first kappa shape index (κ1) is 18.2. The number of nitrogens with one attached hydrogen (secondary N) is 1. The van der Waals surface area contributed by atoms with Crippen LogP contribution >= 0.6 is 11.5 Å². The van der Waals surface area contributed by atoms with Gasteiger partial charge in [0.2, 0.25) is 5.91 Å². The van der Waals surface area contributed by atoms with Gasteiger partial charge in [0.25, 0.3) is 5.56 Å². The van der Waals surface area contributed by atoms with Crippen LogP contribution in [0.5, 0.6) is 5.75 Å². The van der Waals surface area contributed by atoms with Gasteiger partial charge in [-0.05, 0) is 43.2 Å². The molecule has 0 spiro atoms. The quantitative estimate of drug-likeness (QED) is 0.689. The van der Waals surface area contributed by atoms with Gasteiger partial charge >= 0.3 is 0 Å². The molecule has 5 nitrogen and oxygen atoms in total. The SMILES string of the molecule is CCOc1ccc(CNC(=O)C(CC)n2sc3ccccc3c2=O)cc1. The highest BCUT2D eigenvalue weighted by Gasteiger charge is 2.22. The number of benzene rings is 2. The molecule has 0 saturated heterocycles. The van der Waals surface area contributed by atoms with Crippen molar-refractivity contribution in [3.05, 3.63) is 64.4 Å². The molecule has 0 aliphatic heterocycles. The Bertz CT molecular complexity index is 944. The fourth-order valence-electron chi connectivity index (χ4n) is 2.83. The third kappa shape index (κ3) is 3.80. The Morgan fingerprint density at radius 2 is 1.88 bits per heavy atom. The molecule has 1 unspecified atom stereocenters. The minimum Gasteiger partial charge on any atom is -0.494 e. The predicted molar refractivity (Wildman–Crippen MR) is 105 cm³/mol. The van der Waals surface area contributed by atoms with E-state index in [1.807, 2.05) is 56.3 Å². The van der Waals surface area contributed by atoms with Gasteiger partial charge in [-0.15, -0.1) is 0 Å². The van der Waals surface area contributed by atoms with Crippen LogP contribution in [-0.2, 0) is 11.3 Å². The number of nitrogens with zero attached hydrogens (tertiary/aromatic N) is 1. The molecule has 0 radical (unpaired) electrons. The third-order valence-electron chi connectivity index (χ3n) is 4.19. The molecule has 0 aliphatic carbocycles. The van der Waals surface area contributed by atoms with Gasteiger partial charge in [-0.3, -0.25) is 13.5 Å². The van der Waals surface area contributed by atoms with Crippen molar-refractivity contribution in [2.45, 2.75) is 32.9 Å².